The summed E-state index contributed by atoms with van der Waals surface area (Å²) >= 11 is 3.39. The Morgan fingerprint density at radius 3 is 2.43 bits per heavy atom. The lowest BCUT2D eigenvalue weighted by Gasteiger charge is -2.05. The minimum Gasteiger partial charge on any atom is -0.396 e. The number of aliphatic hydroxyl groups is 1. The van der Waals surface area contributed by atoms with Crippen LogP contribution in [0.2, 0.25) is 0 Å². The average Bonchev–Trinajstić information content (AvgIpc) is 2.21. The highest BCUT2D eigenvalue weighted by Crippen LogP contribution is 2.14. The number of nitrogens with one attached hydrogen (secondary N) is 1. The van der Waals surface area contributed by atoms with Crippen LogP contribution in [0.4, 0.5) is 5.69 Å². The van der Waals surface area contributed by atoms with E-state index in [1.54, 1.807) is 0 Å². The van der Waals surface area contributed by atoms with Gasteiger partial charge in [-0.3, -0.25) is 0 Å². The first-order chi connectivity index (χ1) is 6.83. The fourth-order valence-electron chi connectivity index (χ4n) is 1.21. The zero-order valence-electron chi connectivity index (χ0n) is 8.17. The molecule has 0 amide bonds. The molecule has 0 radical (unpaired) electrons. The Balaban J connectivity index is 2.15. The maximum Gasteiger partial charge on any atom is 0.0431 e. The Bertz CT molecular complexity index is 248. The summed E-state index contributed by atoms with van der Waals surface area (Å²) in [6, 6.07) is 8.15. The fraction of sp³-hybridized carbons (Fsp3) is 0.455. The third-order valence-corrected chi connectivity index (χ3v) is 2.54. The van der Waals surface area contributed by atoms with Gasteiger partial charge in [0.2, 0.25) is 0 Å². The molecule has 2 N–H and O–H groups in total. The van der Waals surface area contributed by atoms with Gasteiger partial charge in [0.25, 0.3) is 0 Å². The highest BCUT2D eigenvalue weighted by molar-refractivity contribution is 9.10. The van der Waals surface area contributed by atoms with Gasteiger partial charge in [-0.25, -0.2) is 0 Å². The molecule has 2 nitrogen and oxygen atoms in total. The second kappa shape index (κ2) is 6.85. The molecule has 0 aliphatic heterocycles. The van der Waals surface area contributed by atoms with Gasteiger partial charge in [-0.2, -0.15) is 0 Å². The third kappa shape index (κ3) is 4.63. The van der Waals surface area contributed by atoms with Crippen molar-refractivity contribution in [1.29, 1.82) is 0 Å². The van der Waals surface area contributed by atoms with E-state index in [0.717, 1.165) is 36.0 Å². The van der Waals surface area contributed by atoms with E-state index in [1.807, 2.05) is 12.1 Å². The van der Waals surface area contributed by atoms with E-state index < -0.39 is 0 Å². The van der Waals surface area contributed by atoms with Gasteiger partial charge in [0, 0.05) is 23.3 Å². The topological polar surface area (TPSA) is 32.3 Å². The number of unbranched alkanes of at least 4 members (excludes halogenated alkanes) is 2. The Labute approximate surface area is 93.5 Å². The quantitative estimate of drug-likeness (QED) is 0.769. The molecule has 0 atom stereocenters. The molecule has 3 heteroatoms. The van der Waals surface area contributed by atoms with Crippen LogP contribution in [-0.2, 0) is 0 Å². The van der Waals surface area contributed by atoms with E-state index in [-0.39, 0.29) is 0 Å². The van der Waals surface area contributed by atoms with Crippen LogP contribution in [0, 0.1) is 0 Å². The van der Waals surface area contributed by atoms with Crippen molar-refractivity contribution in [3.05, 3.63) is 28.7 Å². The van der Waals surface area contributed by atoms with Crippen molar-refractivity contribution in [2.24, 2.45) is 0 Å². The van der Waals surface area contributed by atoms with Crippen LogP contribution in [0.25, 0.3) is 0 Å². The average molecular weight is 258 g/mol. The zero-order chi connectivity index (χ0) is 10.2. The SMILES string of the molecule is OCCCCCNc1ccc(Br)cc1. The number of aliphatic hydroxyl groups excluding tert-OH is 1. The fourth-order valence-corrected chi connectivity index (χ4v) is 1.48. The van der Waals surface area contributed by atoms with Gasteiger partial charge >= 0.3 is 0 Å². The molecule has 1 aromatic carbocycles. The number of rotatable bonds is 6. The van der Waals surface area contributed by atoms with Crippen molar-refractivity contribution in [3.8, 4) is 0 Å². The Kier molecular flexibility index (Phi) is 5.64. The van der Waals surface area contributed by atoms with Crippen LogP contribution in [-0.4, -0.2) is 18.3 Å². The summed E-state index contributed by atoms with van der Waals surface area (Å²) in [4.78, 5) is 0. The number of halogens is 1. The van der Waals surface area contributed by atoms with Crippen LogP contribution < -0.4 is 5.32 Å². The predicted molar refractivity (Wildman–Crippen MR) is 63.6 cm³/mol. The molecule has 0 fully saturated rings. The van der Waals surface area contributed by atoms with E-state index in [1.165, 1.54) is 0 Å². The molecular weight excluding hydrogens is 242 g/mol. The molecule has 0 unspecified atom stereocenters. The molecular formula is C11H16BrNO. The van der Waals surface area contributed by atoms with Gasteiger partial charge in [-0.15, -0.1) is 0 Å². The Morgan fingerprint density at radius 2 is 1.79 bits per heavy atom. The highest BCUT2D eigenvalue weighted by atomic mass is 79.9. The van der Waals surface area contributed by atoms with Crippen molar-refractivity contribution in [1.82, 2.24) is 0 Å². The van der Waals surface area contributed by atoms with E-state index in [2.05, 4.69) is 33.4 Å². The second-order valence-corrected chi connectivity index (χ2v) is 4.13. The minimum atomic E-state index is 0.304. The molecule has 14 heavy (non-hydrogen) atoms. The molecule has 1 rings (SSSR count). The number of anilines is 1. The lowest BCUT2D eigenvalue weighted by molar-refractivity contribution is 0.283. The molecule has 0 saturated heterocycles. The first-order valence-corrected chi connectivity index (χ1v) is 5.72. The number of hydrogen-bond acceptors (Lipinski definition) is 2. The van der Waals surface area contributed by atoms with E-state index >= 15 is 0 Å². The van der Waals surface area contributed by atoms with E-state index in [0.29, 0.717) is 6.61 Å². The van der Waals surface area contributed by atoms with Crippen LogP contribution in [0.1, 0.15) is 19.3 Å². The highest BCUT2D eigenvalue weighted by Gasteiger charge is 1.91. The predicted octanol–water partition coefficient (Wildman–Crippen LogP) is 3.02. The molecule has 0 saturated carbocycles. The summed E-state index contributed by atoms with van der Waals surface area (Å²) in [5, 5.41) is 11.9. The molecule has 0 aromatic heterocycles. The van der Waals surface area contributed by atoms with Crippen molar-refractivity contribution >= 4 is 21.6 Å². The van der Waals surface area contributed by atoms with Crippen LogP contribution in [0.3, 0.4) is 0 Å². The Hall–Kier alpha value is -0.540. The molecule has 0 spiro atoms. The maximum absolute atomic E-state index is 8.59. The smallest absolute Gasteiger partial charge is 0.0431 e. The van der Waals surface area contributed by atoms with Gasteiger partial charge in [-0.05, 0) is 43.5 Å². The first kappa shape index (κ1) is 11.5. The minimum absolute atomic E-state index is 0.304. The zero-order valence-corrected chi connectivity index (χ0v) is 9.76. The maximum atomic E-state index is 8.59. The summed E-state index contributed by atoms with van der Waals surface area (Å²) in [7, 11) is 0. The van der Waals surface area contributed by atoms with Gasteiger partial charge < -0.3 is 10.4 Å². The Morgan fingerprint density at radius 1 is 1.07 bits per heavy atom. The van der Waals surface area contributed by atoms with Crippen molar-refractivity contribution in [2.45, 2.75) is 19.3 Å². The van der Waals surface area contributed by atoms with Crippen LogP contribution in [0.15, 0.2) is 28.7 Å². The van der Waals surface area contributed by atoms with Crippen molar-refractivity contribution in [2.75, 3.05) is 18.5 Å². The van der Waals surface area contributed by atoms with Crippen molar-refractivity contribution in [3.63, 3.8) is 0 Å². The normalized spacial score (nSPS) is 10.1. The molecule has 1 aromatic rings. The third-order valence-electron chi connectivity index (χ3n) is 2.01. The van der Waals surface area contributed by atoms with Crippen molar-refractivity contribution < 1.29 is 5.11 Å². The van der Waals surface area contributed by atoms with Crippen LogP contribution >= 0.6 is 15.9 Å². The second-order valence-electron chi connectivity index (χ2n) is 3.22. The standard InChI is InChI=1S/C11H16BrNO/c12-10-4-6-11(7-5-10)13-8-2-1-3-9-14/h4-7,13-14H,1-3,8-9H2. The molecule has 0 aliphatic carbocycles. The van der Waals surface area contributed by atoms with Crippen LogP contribution in [0.5, 0.6) is 0 Å². The van der Waals surface area contributed by atoms with E-state index in [9.17, 15) is 0 Å². The van der Waals surface area contributed by atoms with Gasteiger partial charge in [0.15, 0.2) is 0 Å². The number of hydrogen-bond donors (Lipinski definition) is 2. The summed E-state index contributed by atoms with van der Waals surface area (Å²) in [6.07, 6.45) is 3.10. The van der Waals surface area contributed by atoms with Gasteiger partial charge in [0.1, 0.15) is 0 Å². The first-order valence-electron chi connectivity index (χ1n) is 4.93. The lowest BCUT2D eigenvalue weighted by atomic mass is 10.2. The largest absolute Gasteiger partial charge is 0.396 e. The van der Waals surface area contributed by atoms with Gasteiger partial charge in [-0.1, -0.05) is 15.9 Å². The lowest BCUT2D eigenvalue weighted by Crippen LogP contribution is -2.01. The summed E-state index contributed by atoms with van der Waals surface area (Å²) in [6.45, 7) is 1.28. The molecule has 78 valence electrons. The summed E-state index contributed by atoms with van der Waals surface area (Å²) < 4.78 is 1.10. The number of benzene rings is 1. The summed E-state index contributed by atoms with van der Waals surface area (Å²) in [5.41, 5.74) is 1.15. The molecule has 0 bridgehead atoms. The van der Waals surface area contributed by atoms with E-state index in [4.69, 9.17) is 5.11 Å². The monoisotopic (exact) mass is 257 g/mol. The summed E-state index contributed by atoms with van der Waals surface area (Å²) in [5.74, 6) is 0. The molecule has 0 aliphatic rings. The van der Waals surface area contributed by atoms with Gasteiger partial charge in [0.05, 0.1) is 0 Å². The molecule has 0 heterocycles.